The highest BCUT2D eigenvalue weighted by molar-refractivity contribution is 5.79. The Hall–Kier alpha value is -3.06. The molecule has 1 aliphatic rings. The van der Waals surface area contributed by atoms with Crippen molar-refractivity contribution in [3.05, 3.63) is 76.6 Å². The minimum Gasteiger partial charge on any atom is -0.340 e. The highest BCUT2D eigenvalue weighted by atomic mass is 19.1. The molecule has 150 valence electrons. The second-order valence-corrected chi connectivity index (χ2v) is 7.30. The number of nitrogens with zero attached hydrogens (tertiary/aromatic N) is 4. The largest absolute Gasteiger partial charge is 0.340 e. The number of amides is 1. The molecule has 7 heteroatoms. The average molecular weight is 394 g/mol. The summed E-state index contributed by atoms with van der Waals surface area (Å²) in [6, 6.07) is 13.9. The van der Waals surface area contributed by atoms with Crippen LogP contribution in [0.3, 0.4) is 0 Å². The molecule has 0 N–H and O–H groups in total. The second-order valence-electron chi connectivity index (χ2n) is 7.30. The van der Waals surface area contributed by atoms with Gasteiger partial charge in [-0.25, -0.2) is 9.37 Å². The summed E-state index contributed by atoms with van der Waals surface area (Å²) in [4.78, 5) is 33.6. The molecule has 1 saturated heterocycles. The topological polar surface area (TPSA) is 58.4 Å². The van der Waals surface area contributed by atoms with E-state index >= 15 is 0 Å². The zero-order valence-electron chi connectivity index (χ0n) is 16.1. The van der Waals surface area contributed by atoms with E-state index in [1.165, 1.54) is 17.0 Å². The Kier molecular flexibility index (Phi) is 5.67. The van der Waals surface area contributed by atoms with Crippen LogP contribution in [0.4, 0.5) is 4.39 Å². The predicted octanol–water partition coefficient (Wildman–Crippen LogP) is 2.27. The number of hydrogen-bond donors (Lipinski definition) is 0. The lowest BCUT2D eigenvalue weighted by Crippen LogP contribution is -2.39. The Morgan fingerprint density at radius 3 is 2.66 bits per heavy atom. The van der Waals surface area contributed by atoms with Crippen molar-refractivity contribution in [2.24, 2.45) is 0 Å². The molecular weight excluding hydrogens is 371 g/mol. The van der Waals surface area contributed by atoms with E-state index < -0.39 is 0 Å². The molecule has 0 aliphatic carbocycles. The van der Waals surface area contributed by atoms with Gasteiger partial charge in [0.1, 0.15) is 12.4 Å². The summed E-state index contributed by atoms with van der Waals surface area (Å²) in [7, 11) is 0. The van der Waals surface area contributed by atoms with Gasteiger partial charge in [0.15, 0.2) is 0 Å². The van der Waals surface area contributed by atoms with Crippen LogP contribution in [-0.2, 0) is 17.9 Å². The van der Waals surface area contributed by atoms with Crippen molar-refractivity contribution in [3.63, 3.8) is 0 Å². The number of aromatic nitrogens is 2. The highest BCUT2D eigenvalue weighted by Crippen LogP contribution is 2.13. The summed E-state index contributed by atoms with van der Waals surface area (Å²) in [5.41, 5.74) is 1.08. The number of fused-ring (bicyclic) bond motifs is 1. The van der Waals surface area contributed by atoms with Gasteiger partial charge < -0.3 is 4.90 Å². The summed E-state index contributed by atoms with van der Waals surface area (Å²) in [5.74, 6) is -0.301. The quantitative estimate of drug-likeness (QED) is 0.681. The molecule has 2 heterocycles. The van der Waals surface area contributed by atoms with Gasteiger partial charge in [0.2, 0.25) is 5.91 Å². The number of carbonyl (C=O) groups is 1. The minimum absolute atomic E-state index is 0.0238. The Morgan fingerprint density at radius 1 is 1.00 bits per heavy atom. The maximum Gasteiger partial charge on any atom is 0.261 e. The molecule has 1 aromatic heterocycles. The zero-order valence-corrected chi connectivity index (χ0v) is 16.1. The Labute approximate surface area is 168 Å². The molecule has 0 spiro atoms. The Balaban J connectivity index is 1.41. The summed E-state index contributed by atoms with van der Waals surface area (Å²) >= 11 is 0. The van der Waals surface area contributed by atoms with Crippen LogP contribution < -0.4 is 5.56 Å². The Morgan fingerprint density at radius 2 is 1.79 bits per heavy atom. The van der Waals surface area contributed by atoms with Gasteiger partial charge in [-0.1, -0.05) is 30.3 Å². The monoisotopic (exact) mass is 394 g/mol. The van der Waals surface area contributed by atoms with Crippen LogP contribution in [0.5, 0.6) is 0 Å². The molecule has 2 aromatic carbocycles. The molecule has 0 unspecified atom stereocenters. The van der Waals surface area contributed by atoms with Gasteiger partial charge in [0.05, 0.1) is 17.2 Å². The number of carbonyl (C=O) groups excluding carboxylic acids is 1. The first-order valence-electron chi connectivity index (χ1n) is 9.79. The van der Waals surface area contributed by atoms with Crippen molar-refractivity contribution >= 4 is 16.8 Å². The molecule has 4 rings (SSSR count). The first kappa shape index (κ1) is 19.3. The van der Waals surface area contributed by atoms with Gasteiger partial charge >= 0.3 is 0 Å². The number of para-hydroxylation sites is 1. The van der Waals surface area contributed by atoms with Crippen molar-refractivity contribution in [1.82, 2.24) is 19.4 Å². The average Bonchev–Trinajstić information content (AvgIpc) is 2.98. The summed E-state index contributed by atoms with van der Waals surface area (Å²) < 4.78 is 15.3. The third-order valence-corrected chi connectivity index (χ3v) is 5.33. The van der Waals surface area contributed by atoms with Crippen LogP contribution in [0.1, 0.15) is 12.0 Å². The van der Waals surface area contributed by atoms with E-state index in [1.54, 1.807) is 35.2 Å². The normalized spacial score (nSPS) is 15.4. The van der Waals surface area contributed by atoms with Crippen LogP contribution in [0, 0.1) is 5.82 Å². The number of rotatable bonds is 4. The molecule has 29 heavy (non-hydrogen) atoms. The fourth-order valence-electron chi connectivity index (χ4n) is 3.71. The SMILES string of the molecule is O=C(Cn1cnc2ccccc2c1=O)N1CCCN(Cc2ccccc2F)CC1. The smallest absolute Gasteiger partial charge is 0.261 e. The van der Waals surface area contributed by atoms with Crippen molar-refractivity contribution in [2.45, 2.75) is 19.5 Å². The van der Waals surface area contributed by atoms with Gasteiger partial charge in [-0.3, -0.25) is 19.1 Å². The highest BCUT2D eigenvalue weighted by Gasteiger charge is 2.20. The first-order valence-corrected chi connectivity index (χ1v) is 9.79. The van der Waals surface area contributed by atoms with E-state index in [4.69, 9.17) is 0 Å². The molecule has 0 bridgehead atoms. The molecule has 1 amide bonds. The molecule has 3 aromatic rings. The second kappa shape index (κ2) is 8.53. The lowest BCUT2D eigenvalue weighted by atomic mass is 10.2. The summed E-state index contributed by atoms with van der Waals surface area (Å²) in [5, 5.41) is 0.509. The third kappa shape index (κ3) is 4.35. The van der Waals surface area contributed by atoms with E-state index in [0.29, 0.717) is 42.6 Å². The number of halogens is 1. The summed E-state index contributed by atoms with van der Waals surface area (Å²) in [6.07, 6.45) is 2.25. The van der Waals surface area contributed by atoms with E-state index in [0.717, 1.165) is 13.0 Å². The lowest BCUT2D eigenvalue weighted by Gasteiger charge is -2.22. The fraction of sp³-hybridized carbons (Fsp3) is 0.318. The van der Waals surface area contributed by atoms with E-state index in [9.17, 15) is 14.0 Å². The summed E-state index contributed by atoms with van der Waals surface area (Å²) in [6.45, 7) is 3.17. The number of benzene rings is 2. The fourth-order valence-corrected chi connectivity index (χ4v) is 3.71. The van der Waals surface area contributed by atoms with E-state index in [2.05, 4.69) is 9.88 Å². The van der Waals surface area contributed by atoms with Crippen molar-refractivity contribution in [1.29, 1.82) is 0 Å². The van der Waals surface area contributed by atoms with Crippen LogP contribution in [0.2, 0.25) is 0 Å². The van der Waals surface area contributed by atoms with Crippen molar-refractivity contribution in [3.8, 4) is 0 Å². The van der Waals surface area contributed by atoms with Gasteiger partial charge in [-0.15, -0.1) is 0 Å². The molecule has 0 saturated carbocycles. The standard InChI is InChI=1S/C22H23FN4O2/c23-19-8-3-1-6-17(19)14-25-10-5-11-26(13-12-25)21(28)15-27-16-24-20-9-4-2-7-18(20)22(27)29/h1-4,6-9,16H,5,10-15H2. The predicted molar refractivity (Wildman–Crippen MR) is 109 cm³/mol. The number of hydrogen-bond acceptors (Lipinski definition) is 4. The van der Waals surface area contributed by atoms with E-state index in [-0.39, 0.29) is 23.8 Å². The van der Waals surface area contributed by atoms with Crippen LogP contribution in [0.25, 0.3) is 10.9 Å². The lowest BCUT2D eigenvalue weighted by molar-refractivity contribution is -0.131. The molecule has 0 radical (unpaired) electrons. The molecule has 6 nitrogen and oxygen atoms in total. The van der Waals surface area contributed by atoms with Crippen LogP contribution in [-0.4, -0.2) is 51.4 Å². The molecular formula is C22H23FN4O2. The maximum absolute atomic E-state index is 13.9. The van der Waals surface area contributed by atoms with Crippen LogP contribution in [0.15, 0.2) is 59.7 Å². The van der Waals surface area contributed by atoms with Crippen molar-refractivity contribution < 1.29 is 9.18 Å². The van der Waals surface area contributed by atoms with Gasteiger partial charge in [0.25, 0.3) is 5.56 Å². The maximum atomic E-state index is 13.9. The van der Waals surface area contributed by atoms with Crippen molar-refractivity contribution in [2.75, 3.05) is 26.2 Å². The van der Waals surface area contributed by atoms with Gasteiger partial charge in [-0.2, -0.15) is 0 Å². The molecule has 1 fully saturated rings. The zero-order chi connectivity index (χ0) is 20.2. The van der Waals surface area contributed by atoms with Gasteiger partial charge in [-0.05, 0) is 24.6 Å². The minimum atomic E-state index is -0.208. The molecule has 1 aliphatic heterocycles. The Bertz CT molecular complexity index is 1080. The third-order valence-electron chi connectivity index (χ3n) is 5.33. The van der Waals surface area contributed by atoms with Gasteiger partial charge in [0, 0.05) is 38.3 Å². The van der Waals surface area contributed by atoms with E-state index in [1.807, 2.05) is 12.1 Å². The molecule has 0 atom stereocenters. The first-order chi connectivity index (χ1) is 14.1. The van der Waals surface area contributed by atoms with Crippen LogP contribution >= 0.6 is 0 Å².